The van der Waals surface area contributed by atoms with Crippen LogP contribution in [0.5, 0.6) is 0 Å². The Kier molecular flexibility index (Phi) is 11.2. The number of nitrogens with zero attached hydrogens (tertiary/aromatic N) is 10. The third-order valence-corrected chi connectivity index (χ3v) is 14.4. The van der Waals surface area contributed by atoms with E-state index in [4.69, 9.17) is 15.0 Å². The van der Waals surface area contributed by atoms with Crippen molar-refractivity contribution in [3.8, 4) is 109 Å². The fraction of sp³-hybridized carbons (Fsp3) is 0. The Balaban J connectivity index is 1.10. The highest BCUT2D eigenvalue weighted by atomic mass is 15.0. The Morgan fingerprint density at radius 3 is 1.13 bits per heavy atom. The third kappa shape index (κ3) is 7.74. The molecule has 0 radical (unpaired) electrons. The first-order valence-electron chi connectivity index (χ1n) is 25.0. The van der Waals surface area contributed by atoms with Crippen molar-refractivity contribution in [2.45, 2.75) is 0 Å². The van der Waals surface area contributed by atoms with E-state index in [1.807, 2.05) is 133 Å². The van der Waals surface area contributed by atoms with Crippen LogP contribution >= 0.6 is 0 Å². The topological polar surface area (TPSA) is 167 Å². The van der Waals surface area contributed by atoms with Crippen LogP contribution in [-0.2, 0) is 0 Å². The van der Waals surface area contributed by atoms with Crippen molar-refractivity contribution in [1.29, 1.82) is 26.3 Å². The minimum Gasteiger partial charge on any atom is -0.309 e. The van der Waals surface area contributed by atoms with Gasteiger partial charge < -0.3 is 9.13 Å². The summed E-state index contributed by atoms with van der Waals surface area (Å²) in [7, 11) is 0. The summed E-state index contributed by atoms with van der Waals surface area (Å²) in [6, 6.07) is 82.3. The Labute approximate surface area is 447 Å². The maximum atomic E-state index is 10.8. The summed E-state index contributed by atoms with van der Waals surface area (Å²) in [6.07, 6.45) is 0. The second-order valence-electron chi connectivity index (χ2n) is 18.8. The first kappa shape index (κ1) is 46.1. The number of benzene rings is 10. The number of aromatic nitrogens is 5. The summed E-state index contributed by atoms with van der Waals surface area (Å²) in [6.45, 7) is 0. The average molecular weight is 993 g/mol. The number of hydrogen-bond acceptors (Lipinski definition) is 8. The normalized spacial score (nSPS) is 11.0. The molecule has 0 aliphatic rings. The molecule has 10 nitrogen and oxygen atoms in total. The number of fused-ring (bicyclic) bond motifs is 6. The van der Waals surface area contributed by atoms with Gasteiger partial charge in [-0.2, -0.15) is 26.3 Å². The van der Waals surface area contributed by atoms with Gasteiger partial charge in [-0.3, -0.25) is 0 Å². The monoisotopic (exact) mass is 992 g/mol. The molecular formula is C68H36N10. The molecule has 0 atom stereocenters. The lowest BCUT2D eigenvalue weighted by atomic mass is 9.96. The lowest BCUT2D eigenvalue weighted by molar-refractivity contribution is 1.07. The van der Waals surface area contributed by atoms with Crippen LogP contribution in [0.2, 0.25) is 0 Å². The van der Waals surface area contributed by atoms with Crippen LogP contribution in [-0.4, -0.2) is 24.1 Å². The molecule has 10 aromatic carbocycles. The van der Waals surface area contributed by atoms with Gasteiger partial charge in [0.2, 0.25) is 0 Å². The molecule has 0 N–H and O–H groups in total. The summed E-state index contributed by atoms with van der Waals surface area (Å²) in [5.74, 6) is 1.50. The smallest absolute Gasteiger partial charge is 0.164 e. The van der Waals surface area contributed by atoms with E-state index in [1.165, 1.54) is 0 Å². The Morgan fingerprint density at radius 1 is 0.269 bits per heavy atom. The highest BCUT2D eigenvalue weighted by molar-refractivity contribution is 6.13. The van der Waals surface area contributed by atoms with E-state index in [0.29, 0.717) is 50.9 Å². The second-order valence-corrected chi connectivity index (χ2v) is 18.8. The van der Waals surface area contributed by atoms with Gasteiger partial charge in [-0.1, -0.05) is 121 Å². The minimum atomic E-state index is 0.409. The Morgan fingerprint density at radius 2 is 0.654 bits per heavy atom. The molecule has 3 aromatic heterocycles. The van der Waals surface area contributed by atoms with Crippen LogP contribution in [0.1, 0.15) is 27.8 Å². The van der Waals surface area contributed by atoms with Crippen molar-refractivity contribution in [3.05, 3.63) is 246 Å². The first-order valence-corrected chi connectivity index (χ1v) is 25.0. The van der Waals surface area contributed by atoms with E-state index < -0.39 is 0 Å². The van der Waals surface area contributed by atoms with Gasteiger partial charge in [0.25, 0.3) is 0 Å². The molecule has 0 aliphatic heterocycles. The molecule has 0 amide bonds. The Bertz CT molecular complexity index is 4800. The standard InChI is InChI=1S/C68H36N10/c69-37-42-19-25-52(50(31-42)40-72)47-22-28-63-57(34-47)54-15-7-9-17-60(54)77(63)62-27-21-44(39-71)33-56(62)59-36-49(68-75-66(45-11-3-1-4-12-45)74-67(76-68)46-13-5-2-6-14-46)24-30-65(59)78-61-18-10-8-16-55(61)58-35-48(23-29-64(58)78)53-26-20-43(38-70)32-51(53)41-73/h1-36H. The molecule has 10 heteroatoms. The van der Waals surface area contributed by atoms with Crippen molar-refractivity contribution >= 4 is 43.6 Å². The molecule has 0 aliphatic carbocycles. The second kappa shape index (κ2) is 18.9. The van der Waals surface area contributed by atoms with Gasteiger partial charge in [-0.15, -0.1) is 0 Å². The van der Waals surface area contributed by atoms with Gasteiger partial charge >= 0.3 is 0 Å². The summed E-state index contributed by atoms with van der Waals surface area (Å²) < 4.78 is 4.49. The molecule has 0 saturated heterocycles. The van der Waals surface area contributed by atoms with E-state index in [-0.39, 0.29) is 0 Å². The summed E-state index contributed by atoms with van der Waals surface area (Å²) in [4.78, 5) is 15.3. The van der Waals surface area contributed by atoms with E-state index >= 15 is 0 Å². The van der Waals surface area contributed by atoms with Gasteiger partial charge in [-0.05, 0) is 119 Å². The molecule has 78 heavy (non-hydrogen) atoms. The van der Waals surface area contributed by atoms with Crippen LogP contribution in [0.4, 0.5) is 0 Å². The maximum absolute atomic E-state index is 10.8. The molecule has 0 spiro atoms. The van der Waals surface area contributed by atoms with Crippen LogP contribution in [0.15, 0.2) is 218 Å². The van der Waals surface area contributed by atoms with E-state index in [9.17, 15) is 26.3 Å². The van der Waals surface area contributed by atoms with Crippen molar-refractivity contribution in [2.75, 3.05) is 0 Å². The largest absolute Gasteiger partial charge is 0.309 e. The van der Waals surface area contributed by atoms with Gasteiger partial charge in [0, 0.05) is 49.4 Å². The molecule has 358 valence electrons. The molecule has 13 rings (SSSR count). The van der Waals surface area contributed by atoms with Crippen LogP contribution in [0.25, 0.3) is 123 Å². The van der Waals surface area contributed by atoms with Crippen LogP contribution in [0.3, 0.4) is 0 Å². The zero-order valence-corrected chi connectivity index (χ0v) is 41.3. The SMILES string of the molecule is N#Cc1ccc(-c2ccc3c(c2)c2ccccc2n3-c2ccc(C#N)cc2-c2cc(-c3nc(-c4ccccc4)nc(-c4ccccc4)n3)ccc2-n2c3ccccc3c3cc(-c4ccc(C#N)cc4C#N)ccc32)c(C#N)c1. The van der Waals surface area contributed by atoms with Crippen molar-refractivity contribution in [2.24, 2.45) is 0 Å². The van der Waals surface area contributed by atoms with E-state index in [1.54, 1.807) is 24.3 Å². The average Bonchev–Trinajstić information content (AvgIpc) is 4.15. The van der Waals surface area contributed by atoms with Crippen LogP contribution in [0, 0.1) is 56.7 Å². The summed E-state index contributed by atoms with van der Waals surface area (Å²) in [5, 5.41) is 54.4. The van der Waals surface area contributed by atoms with Gasteiger partial charge in [0.1, 0.15) is 0 Å². The molecule has 0 fully saturated rings. The number of rotatable bonds is 8. The lowest BCUT2D eigenvalue weighted by Gasteiger charge is -2.20. The molecule has 0 unspecified atom stereocenters. The van der Waals surface area contributed by atoms with Gasteiger partial charge in [0.05, 0.1) is 91.6 Å². The zero-order valence-electron chi connectivity index (χ0n) is 41.3. The summed E-state index contributed by atoms with van der Waals surface area (Å²) in [5.41, 5.74) is 14.4. The van der Waals surface area contributed by atoms with Crippen LogP contribution < -0.4 is 0 Å². The number of para-hydroxylation sites is 2. The zero-order chi connectivity index (χ0) is 52.9. The Hall–Kier alpha value is -11.7. The molecule has 0 saturated carbocycles. The first-order chi connectivity index (χ1) is 38.4. The lowest BCUT2D eigenvalue weighted by Crippen LogP contribution is -2.04. The van der Waals surface area contributed by atoms with Crippen molar-refractivity contribution in [3.63, 3.8) is 0 Å². The fourth-order valence-electron chi connectivity index (χ4n) is 10.8. The highest BCUT2D eigenvalue weighted by Crippen LogP contribution is 2.44. The van der Waals surface area contributed by atoms with Gasteiger partial charge in [0.15, 0.2) is 17.5 Å². The minimum absolute atomic E-state index is 0.409. The quantitative estimate of drug-likeness (QED) is 0.145. The summed E-state index contributed by atoms with van der Waals surface area (Å²) >= 11 is 0. The van der Waals surface area contributed by atoms with Crippen molar-refractivity contribution < 1.29 is 0 Å². The predicted octanol–water partition coefficient (Wildman–Crippen LogP) is 15.4. The third-order valence-electron chi connectivity index (χ3n) is 14.4. The molecular weight excluding hydrogens is 957 g/mol. The molecule has 0 bridgehead atoms. The molecule has 3 heterocycles. The van der Waals surface area contributed by atoms with Crippen molar-refractivity contribution in [1.82, 2.24) is 24.1 Å². The van der Waals surface area contributed by atoms with E-state index in [2.05, 4.69) is 100 Å². The maximum Gasteiger partial charge on any atom is 0.164 e. The predicted molar refractivity (Wildman–Crippen MR) is 305 cm³/mol. The van der Waals surface area contributed by atoms with Gasteiger partial charge in [-0.25, -0.2) is 15.0 Å². The number of hydrogen-bond donors (Lipinski definition) is 0. The highest BCUT2D eigenvalue weighted by Gasteiger charge is 2.24. The number of nitriles is 5. The molecule has 13 aromatic rings. The fourth-order valence-corrected chi connectivity index (χ4v) is 10.8. The van der Waals surface area contributed by atoms with E-state index in [0.717, 1.165) is 99.5 Å².